The fraction of sp³-hybridized carbons (Fsp3) is 0.423. The van der Waals surface area contributed by atoms with Gasteiger partial charge in [0, 0.05) is 16.1 Å². The molecule has 174 valence electrons. The summed E-state index contributed by atoms with van der Waals surface area (Å²) in [5.74, 6) is 2.31. The lowest BCUT2D eigenvalue weighted by molar-refractivity contribution is -0.120. The highest BCUT2D eigenvalue weighted by molar-refractivity contribution is 9.10. The zero-order valence-electron chi connectivity index (χ0n) is 19.6. The minimum absolute atomic E-state index is 0.0612. The van der Waals surface area contributed by atoms with Gasteiger partial charge in [-0.1, -0.05) is 72.6 Å². The van der Waals surface area contributed by atoms with Crippen LogP contribution in [0.25, 0.3) is 17.1 Å². The van der Waals surface area contributed by atoms with Crippen molar-refractivity contribution < 1.29 is 4.79 Å². The molecular weight excluding hydrogens is 496 g/mol. The summed E-state index contributed by atoms with van der Waals surface area (Å²) in [6, 6.07) is 14.7. The summed E-state index contributed by atoms with van der Waals surface area (Å²) < 4.78 is 3.08. The van der Waals surface area contributed by atoms with Gasteiger partial charge in [-0.3, -0.25) is 9.36 Å². The van der Waals surface area contributed by atoms with E-state index in [1.807, 2.05) is 24.3 Å². The Labute approximate surface area is 208 Å². The molecule has 1 aromatic heterocycles. The molecule has 5 nitrogen and oxygen atoms in total. The third-order valence-electron chi connectivity index (χ3n) is 6.59. The number of carbonyl (C=O) groups is 1. The number of nitrogens with zero attached hydrogens (tertiary/aromatic N) is 3. The van der Waals surface area contributed by atoms with Crippen molar-refractivity contribution in [3.8, 4) is 17.1 Å². The molecule has 2 aromatic carbocycles. The lowest BCUT2D eigenvalue weighted by Gasteiger charge is -2.34. The van der Waals surface area contributed by atoms with Crippen LogP contribution >= 0.6 is 27.7 Å². The number of carbonyl (C=O) groups excluding carboxylic acids is 1. The molecule has 33 heavy (non-hydrogen) atoms. The first-order valence-corrected chi connectivity index (χ1v) is 13.3. The SMILES string of the molecule is Cc1cc(C)cc(-n2c(SCC(=O)N[C@@H]3CCC[C@@H](C)[C@H]3C)nnc2-c2ccc(Br)cc2)c1. The van der Waals surface area contributed by atoms with Gasteiger partial charge in [-0.25, -0.2) is 0 Å². The van der Waals surface area contributed by atoms with Gasteiger partial charge >= 0.3 is 0 Å². The number of halogens is 1. The molecule has 1 aliphatic rings. The Hall–Kier alpha value is -2.12. The molecule has 1 saturated carbocycles. The van der Waals surface area contributed by atoms with E-state index >= 15 is 0 Å². The molecule has 1 heterocycles. The van der Waals surface area contributed by atoms with Crippen molar-refractivity contribution in [2.75, 3.05) is 5.75 Å². The lowest BCUT2D eigenvalue weighted by atomic mass is 9.78. The minimum Gasteiger partial charge on any atom is -0.352 e. The summed E-state index contributed by atoms with van der Waals surface area (Å²) in [5.41, 5.74) is 4.34. The van der Waals surface area contributed by atoms with E-state index in [-0.39, 0.29) is 11.9 Å². The molecule has 1 N–H and O–H groups in total. The predicted molar refractivity (Wildman–Crippen MR) is 139 cm³/mol. The van der Waals surface area contributed by atoms with Crippen LogP contribution in [-0.2, 0) is 4.79 Å². The van der Waals surface area contributed by atoms with Crippen molar-refractivity contribution in [2.45, 2.75) is 58.2 Å². The van der Waals surface area contributed by atoms with E-state index in [0.717, 1.165) is 33.1 Å². The van der Waals surface area contributed by atoms with E-state index in [9.17, 15) is 4.79 Å². The van der Waals surface area contributed by atoms with Gasteiger partial charge < -0.3 is 5.32 Å². The summed E-state index contributed by atoms with van der Waals surface area (Å²) in [5, 5.41) is 13.0. The Morgan fingerprint density at radius 1 is 1.09 bits per heavy atom. The monoisotopic (exact) mass is 526 g/mol. The van der Waals surface area contributed by atoms with E-state index in [0.29, 0.717) is 17.6 Å². The van der Waals surface area contributed by atoms with Crippen LogP contribution in [0.2, 0.25) is 0 Å². The quantitative estimate of drug-likeness (QED) is 0.380. The fourth-order valence-electron chi connectivity index (χ4n) is 4.63. The molecule has 0 bridgehead atoms. The molecule has 1 aliphatic carbocycles. The highest BCUT2D eigenvalue weighted by atomic mass is 79.9. The fourth-order valence-corrected chi connectivity index (χ4v) is 5.65. The van der Waals surface area contributed by atoms with Gasteiger partial charge in [0.15, 0.2) is 11.0 Å². The molecule has 0 aliphatic heterocycles. The zero-order chi connectivity index (χ0) is 23.5. The van der Waals surface area contributed by atoms with E-state index < -0.39 is 0 Å². The average Bonchev–Trinajstić information content (AvgIpc) is 3.19. The molecule has 1 amide bonds. The van der Waals surface area contributed by atoms with E-state index in [1.54, 1.807) is 0 Å². The molecule has 7 heteroatoms. The number of rotatable bonds is 6. The van der Waals surface area contributed by atoms with Crippen LogP contribution < -0.4 is 5.32 Å². The molecular formula is C26H31BrN4OS. The van der Waals surface area contributed by atoms with Crippen LogP contribution in [0.1, 0.15) is 44.2 Å². The summed E-state index contributed by atoms with van der Waals surface area (Å²) >= 11 is 4.94. The molecule has 3 aromatic rings. The normalized spacial score (nSPS) is 20.6. The predicted octanol–water partition coefficient (Wildman–Crippen LogP) is 6.35. The van der Waals surface area contributed by atoms with Crippen molar-refractivity contribution >= 4 is 33.6 Å². The second-order valence-electron chi connectivity index (χ2n) is 9.22. The topological polar surface area (TPSA) is 59.8 Å². The average molecular weight is 528 g/mol. The second-order valence-corrected chi connectivity index (χ2v) is 11.1. The first-order valence-electron chi connectivity index (χ1n) is 11.5. The highest BCUT2D eigenvalue weighted by Crippen LogP contribution is 2.31. The van der Waals surface area contributed by atoms with Gasteiger partial charge in [0.1, 0.15) is 0 Å². The molecule has 3 atom stereocenters. The van der Waals surface area contributed by atoms with E-state index in [2.05, 4.69) is 81.9 Å². The Kier molecular flexibility index (Phi) is 7.59. The van der Waals surface area contributed by atoms with Crippen LogP contribution in [0.5, 0.6) is 0 Å². The number of hydrogen-bond donors (Lipinski definition) is 1. The van der Waals surface area contributed by atoms with Crippen molar-refractivity contribution in [2.24, 2.45) is 11.8 Å². The Bertz CT molecular complexity index is 1110. The van der Waals surface area contributed by atoms with Crippen molar-refractivity contribution in [1.82, 2.24) is 20.1 Å². The maximum Gasteiger partial charge on any atom is 0.230 e. The Morgan fingerprint density at radius 2 is 1.79 bits per heavy atom. The van der Waals surface area contributed by atoms with Gasteiger partial charge in [-0.05, 0) is 67.5 Å². The Morgan fingerprint density at radius 3 is 2.48 bits per heavy atom. The van der Waals surface area contributed by atoms with Gasteiger partial charge in [-0.15, -0.1) is 10.2 Å². The van der Waals surface area contributed by atoms with Crippen LogP contribution in [0.4, 0.5) is 0 Å². The van der Waals surface area contributed by atoms with Crippen LogP contribution in [0.3, 0.4) is 0 Å². The molecule has 0 saturated heterocycles. The number of amides is 1. The van der Waals surface area contributed by atoms with Gasteiger partial charge in [0.25, 0.3) is 0 Å². The maximum atomic E-state index is 12.8. The number of aryl methyl sites for hydroxylation is 2. The number of hydrogen-bond acceptors (Lipinski definition) is 4. The standard InChI is InChI=1S/C26H31BrN4OS/c1-16-12-17(2)14-22(13-16)31-25(20-8-10-21(27)11-9-20)29-30-26(31)33-15-24(32)28-23-7-5-6-18(3)19(23)4/h8-14,18-19,23H,5-7,15H2,1-4H3,(H,28,32)/t18-,19-,23-/m1/s1. The third kappa shape index (κ3) is 5.69. The summed E-state index contributed by atoms with van der Waals surface area (Å²) in [6.45, 7) is 8.72. The van der Waals surface area contributed by atoms with Gasteiger partial charge in [0.2, 0.25) is 5.91 Å². The smallest absolute Gasteiger partial charge is 0.230 e. The van der Waals surface area contributed by atoms with E-state index in [4.69, 9.17) is 0 Å². The summed E-state index contributed by atoms with van der Waals surface area (Å²) in [6.07, 6.45) is 3.50. The second kappa shape index (κ2) is 10.4. The number of benzene rings is 2. The third-order valence-corrected chi connectivity index (χ3v) is 8.04. The van der Waals surface area contributed by atoms with Gasteiger partial charge in [-0.2, -0.15) is 0 Å². The summed E-state index contributed by atoms with van der Waals surface area (Å²) in [7, 11) is 0. The van der Waals surface area contributed by atoms with Crippen LogP contribution in [-0.4, -0.2) is 32.5 Å². The lowest BCUT2D eigenvalue weighted by Crippen LogP contribution is -2.44. The molecule has 0 radical (unpaired) electrons. The summed E-state index contributed by atoms with van der Waals surface area (Å²) in [4.78, 5) is 12.8. The molecule has 4 rings (SSSR count). The minimum atomic E-state index is 0.0612. The largest absolute Gasteiger partial charge is 0.352 e. The number of thioether (sulfide) groups is 1. The molecule has 1 fully saturated rings. The highest BCUT2D eigenvalue weighted by Gasteiger charge is 2.28. The maximum absolute atomic E-state index is 12.8. The molecule has 0 unspecified atom stereocenters. The Balaban J connectivity index is 1.59. The first-order chi connectivity index (χ1) is 15.8. The zero-order valence-corrected chi connectivity index (χ0v) is 22.0. The molecule has 0 spiro atoms. The van der Waals surface area contributed by atoms with Gasteiger partial charge in [0.05, 0.1) is 11.4 Å². The first kappa shape index (κ1) is 24.0. The van der Waals surface area contributed by atoms with Crippen LogP contribution in [0.15, 0.2) is 52.1 Å². The number of aromatic nitrogens is 3. The number of nitrogens with one attached hydrogen (secondary N) is 1. The van der Waals surface area contributed by atoms with Crippen LogP contribution in [0, 0.1) is 25.7 Å². The van der Waals surface area contributed by atoms with Crippen molar-refractivity contribution in [1.29, 1.82) is 0 Å². The van der Waals surface area contributed by atoms with E-state index in [1.165, 1.54) is 35.7 Å². The van der Waals surface area contributed by atoms with Crippen molar-refractivity contribution in [3.05, 3.63) is 58.1 Å². The van der Waals surface area contributed by atoms with Crippen molar-refractivity contribution in [3.63, 3.8) is 0 Å².